The Labute approximate surface area is 77.8 Å². The van der Waals surface area contributed by atoms with E-state index in [0.29, 0.717) is 11.3 Å². The van der Waals surface area contributed by atoms with Gasteiger partial charge < -0.3 is 4.74 Å². The quantitative estimate of drug-likeness (QED) is 0.651. The van der Waals surface area contributed by atoms with Gasteiger partial charge in [0.1, 0.15) is 11.8 Å². The minimum atomic E-state index is 0.656. The second-order valence-electron chi connectivity index (χ2n) is 3.29. The maximum Gasteiger partial charge on any atom is 0.136 e. The Balaban J connectivity index is 2.55. The van der Waals surface area contributed by atoms with Crippen molar-refractivity contribution in [1.29, 1.82) is 5.26 Å². The van der Waals surface area contributed by atoms with Crippen molar-refractivity contribution in [3.8, 4) is 11.8 Å². The van der Waals surface area contributed by atoms with Crippen LogP contribution in [0.5, 0.6) is 5.75 Å². The molecular weight excluding hydrogens is 162 g/mol. The highest BCUT2D eigenvalue weighted by atomic mass is 16.5. The number of hydrogen-bond acceptors (Lipinski definition) is 2. The number of fused-ring (bicyclic) bond motifs is 1. The first-order valence-electron chi connectivity index (χ1n) is 4.45. The van der Waals surface area contributed by atoms with E-state index in [4.69, 9.17) is 10.00 Å². The molecule has 13 heavy (non-hydrogen) atoms. The maximum atomic E-state index is 8.85. The van der Waals surface area contributed by atoms with E-state index < -0.39 is 0 Å². The van der Waals surface area contributed by atoms with Crippen LogP contribution in [0.25, 0.3) is 0 Å². The smallest absolute Gasteiger partial charge is 0.136 e. The van der Waals surface area contributed by atoms with E-state index in [9.17, 15) is 0 Å². The van der Waals surface area contributed by atoms with E-state index in [1.807, 2.05) is 12.1 Å². The molecule has 0 amide bonds. The number of hydrogen-bond donors (Lipinski definition) is 0. The molecule has 0 aromatic heterocycles. The van der Waals surface area contributed by atoms with Gasteiger partial charge in [-0.05, 0) is 42.5 Å². The van der Waals surface area contributed by atoms with Crippen LogP contribution in [-0.2, 0) is 12.8 Å². The summed E-state index contributed by atoms with van der Waals surface area (Å²) >= 11 is 0. The van der Waals surface area contributed by atoms with Gasteiger partial charge in [0.25, 0.3) is 0 Å². The first-order chi connectivity index (χ1) is 6.35. The normalized spacial score (nSPS) is 13.5. The molecule has 1 aliphatic carbocycles. The Kier molecular flexibility index (Phi) is 1.94. The van der Waals surface area contributed by atoms with Gasteiger partial charge in [0.15, 0.2) is 0 Å². The molecule has 0 saturated heterocycles. The molecule has 0 saturated carbocycles. The summed E-state index contributed by atoms with van der Waals surface area (Å²) in [6.45, 7) is 0. The minimum Gasteiger partial charge on any atom is -0.495 e. The third-order valence-corrected chi connectivity index (χ3v) is 2.53. The highest BCUT2D eigenvalue weighted by molar-refractivity contribution is 5.50. The summed E-state index contributed by atoms with van der Waals surface area (Å²) in [6, 6.07) is 6.11. The van der Waals surface area contributed by atoms with E-state index in [2.05, 4.69) is 6.07 Å². The van der Waals surface area contributed by atoms with E-state index in [1.54, 1.807) is 7.11 Å². The van der Waals surface area contributed by atoms with Gasteiger partial charge in [-0.1, -0.05) is 0 Å². The first-order valence-corrected chi connectivity index (χ1v) is 4.45. The molecule has 0 N–H and O–H groups in total. The van der Waals surface area contributed by atoms with Crippen molar-refractivity contribution in [3.63, 3.8) is 0 Å². The van der Waals surface area contributed by atoms with Crippen molar-refractivity contribution < 1.29 is 4.74 Å². The van der Waals surface area contributed by atoms with Crippen molar-refractivity contribution in [2.75, 3.05) is 7.11 Å². The molecule has 2 heteroatoms. The first kappa shape index (κ1) is 8.12. The Hall–Kier alpha value is -1.49. The van der Waals surface area contributed by atoms with Gasteiger partial charge in [0.05, 0.1) is 12.7 Å². The minimum absolute atomic E-state index is 0.656. The topological polar surface area (TPSA) is 33.0 Å². The molecule has 1 aliphatic rings. The number of methoxy groups -OCH3 is 1. The third-order valence-electron chi connectivity index (χ3n) is 2.53. The molecule has 0 bridgehead atoms. The summed E-state index contributed by atoms with van der Waals surface area (Å²) in [5, 5.41) is 8.85. The van der Waals surface area contributed by atoms with Crippen molar-refractivity contribution in [2.45, 2.75) is 19.3 Å². The van der Waals surface area contributed by atoms with Crippen LogP contribution in [0.15, 0.2) is 12.1 Å². The van der Waals surface area contributed by atoms with Crippen molar-refractivity contribution in [3.05, 3.63) is 28.8 Å². The second-order valence-corrected chi connectivity index (χ2v) is 3.29. The van der Waals surface area contributed by atoms with Gasteiger partial charge >= 0.3 is 0 Å². The summed E-state index contributed by atoms with van der Waals surface area (Å²) in [4.78, 5) is 0. The summed E-state index contributed by atoms with van der Waals surface area (Å²) < 4.78 is 5.14. The number of benzene rings is 1. The lowest BCUT2D eigenvalue weighted by molar-refractivity contribution is 0.413. The molecule has 0 aliphatic heterocycles. The lowest BCUT2D eigenvalue weighted by Gasteiger charge is -2.05. The van der Waals surface area contributed by atoms with E-state index >= 15 is 0 Å². The fourth-order valence-electron chi connectivity index (χ4n) is 1.86. The summed E-state index contributed by atoms with van der Waals surface area (Å²) in [5.41, 5.74) is 3.32. The molecule has 0 atom stereocenters. The van der Waals surface area contributed by atoms with Gasteiger partial charge in [-0.25, -0.2) is 0 Å². The van der Waals surface area contributed by atoms with E-state index in [1.165, 1.54) is 17.5 Å². The van der Waals surface area contributed by atoms with Crippen molar-refractivity contribution in [2.24, 2.45) is 0 Å². The predicted octanol–water partition coefficient (Wildman–Crippen LogP) is 2.06. The maximum absolute atomic E-state index is 8.85. The molecule has 0 unspecified atom stereocenters. The zero-order valence-corrected chi connectivity index (χ0v) is 7.63. The zero-order valence-electron chi connectivity index (χ0n) is 7.63. The van der Waals surface area contributed by atoms with Crippen LogP contribution < -0.4 is 4.74 Å². The van der Waals surface area contributed by atoms with Crippen molar-refractivity contribution in [1.82, 2.24) is 0 Å². The van der Waals surface area contributed by atoms with Crippen LogP contribution in [-0.4, -0.2) is 7.11 Å². The Morgan fingerprint density at radius 1 is 1.31 bits per heavy atom. The Bertz CT molecular complexity index is 376. The van der Waals surface area contributed by atoms with Crippen LogP contribution in [0.1, 0.15) is 23.1 Å². The standard InChI is InChI=1S/C11H11NO/c1-13-11-6-9-4-2-3-8(9)5-10(11)7-12/h5-6H,2-4H2,1H3. The molecule has 0 radical (unpaired) electrons. The predicted molar refractivity (Wildman–Crippen MR) is 49.7 cm³/mol. The van der Waals surface area contributed by atoms with Gasteiger partial charge in [-0.15, -0.1) is 0 Å². The largest absolute Gasteiger partial charge is 0.495 e. The van der Waals surface area contributed by atoms with Gasteiger partial charge in [0, 0.05) is 0 Å². The van der Waals surface area contributed by atoms with Crippen LogP contribution >= 0.6 is 0 Å². The van der Waals surface area contributed by atoms with Gasteiger partial charge in [-0.3, -0.25) is 0 Å². The number of aryl methyl sites for hydroxylation is 2. The van der Waals surface area contributed by atoms with E-state index in [-0.39, 0.29) is 0 Å². The third kappa shape index (κ3) is 1.27. The fourth-order valence-corrected chi connectivity index (χ4v) is 1.86. The SMILES string of the molecule is COc1cc2c(cc1C#N)CCC2. The molecule has 2 rings (SSSR count). The molecule has 1 aromatic carbocycles. The summed E-state index contributed by atoms with van der Waals surface area (Å²) in [5.74, 6) is 0.711. The van der Waals surface area contributed by atoms with Crippen LogP contribution in [0.3, 0.4) is 0 Å². The Morgan fingerprint density at radius 2 is 2.00 bits per heavy atom. The average Bonchev–Trinajstić information content (AvgIpc) is 2.62. The highest BCUT2D eigenvalue weighted by Gasteiger charge is 2.14. The number of ether oxygens (including phenoxy) is 1. The summed E-state index contributed by atoms with van der Waals surface area (Å²) in [7, 11) is 1.61. The van der Waals surface area contributed by atoms with E-state index in [0.717, 1.165) is 12.8 Å². The second kappa shape index (κ2) is 3.10. The average molecular weight is 173 g/mol. The summed E-state index contributed by atoms with van der Waals surface area (Å²) in [6.07, 6.45) is 3.43. The van der Waals surface area contributed by atoms with Crippen LogP contribution in [0.4, 0.5) is 0 Å². The van der Waals surface area contributed by atoms with Gasteiger partial charge in [-0.2, -0.15) is 5.26 Å². The molecule has 0 heterocycles. The number of nitriles is 1. The van der Waals surface area contributed by atoms with Crippen LogP contribution in [0, 0.1) is 11.3 Å². The monoisotopic (exact) mass is 173 g/mol. The number of nitrogens with zero attached hydrogens (tertiary/aromatic N) is 1. The zero-order chi connectivity index (χ0) is 9.26. The van der Waals surface area contributed by atoms with Gasteiger partial charge in [0.2, 0.25) is 0 Å². The highest BCUT2D eigenvalue weighted by Crippen LogP contribution is 2.29. The van der Waals surface area contributed by atoms with Crippen molar-refractivity contribution >= 4 is 0 Å². The fraction of sp³-hybridized carbons (Fsp3) is 0.364. The Morgan fingerprint density at radius 3 is 2.62 bits per heavy atom. The molecule has 1 aromatic rings. The molecule has 0 spiro atoms. The molecule has 66 valence electrons. The molecular formula is C11H11NO. The molecule has 2 nitrogen and oxygen atoms in total. The van der Waals surface area contributed by atoms with Crippen LogP contribution in [0.2, 0.25) is 0 Å². The lowest BCUT2D eigenvalue weighted by atomic mass is 10.1. The lowest BCUT2D eigenvalue weighted by Crippen LogP contribution is -1.91. The number of rotatable bonds is 1. The molecule has 0 fully saturated rings.